The molecule has 0 saturated carbocycles. The third-order valence-electron chi connectivity index (χ3n) is 5.27. The summed E-state index contributed by atoms with van der Waals surface area (Å²) in [6, 6.07) is 22.8. The van der Waals surface area contributed by atoms with E-state index < -0.39 is 16.3 Å². The number of aryl methyl sites for hydroxylation is 1. The summed E-state index contributed by atoms with van der Waals surface area (Å²) in [5.74, 6) is 0. The third kappa shape index (κ3) is 4.48. The first-order valence-corrected chi connectivity index (χ1v) is 11.9. The van der Waals surface area contributed by atoms with Crippen LogP contribution in [0.2, 0.25) is 0 Å². The largest absolute Gasteiger partial charge is 0.280 e. The van der Waals surface area contributed by atoms with Crippen LogP contribution in [0.3, 0.4) is 0 Å². The number of alkyl halides is 2. The topological polar surface area (TPSA) is 52.0 Å². The second kappa shape index (κ2) is 8.67. The van der Waals surface area contributed by atoms with Crippen molar-refractivity contribution in [3.63, 3.8) is 0 Å². The summed E-state index contributed by atoms with van der Waals surface area (Å²) in [4.78, 5) is 0.163. The van der Waals surface area contributed by atoms with Gasteiger partial charge in [0.2, 0.25) is 0 Å². The summed E-state index contributed by atoms with van der Waals surface area (Å²) < 4.78 is 53.7. The van der Waals surface area contributed by atoms with E-state index in [0.29, 0.717) is 22.4 Å². The SMILES string of the molecule is Cc1ccc(-c2c(-c3ccc(S(C)(=O)=O)cc3)nn(Cc3ccccc3)c2C(F)F)cc1. The molecular formula is C25H22F2N2O2S. The maximum atomic E-state index is 14.4. The van der Waals surface area contributed by atoms with Crippen LogP contribution in [0.4, 0.5) is 8.78 Å². The Kier molecular flexibility index (Phi) is 5.93. The number of rotatable bonds is 6. The van der Waals surface area contributed by atoms with Gasteiger partial charge < -0.3 is 0 Å². The number of sulfone groups is 1. The Hall–Kier alpha value is -3.32. The molecule has 0 fully saturated rings. The highest BCUT2D eigenvalue weighted by Crippen LogP contribution is 2.39. The van der Waals surface area contributed by atoms with Crippen molar-refractivity contribution in [2.45, 2.75) is 24.8 Å². The van der Waals surface area contributed by atoms with Gasteiger partial charge in [0.25, 0.3) is 6.43 Å². The van der Waals surface area contributed by atoms with Crippen LogP contribution in [0.15, 0.2) is 83.8 Å². The van der Waals surface area contributed by atoms with Gasteiger partial charge in [-0.15, -0.1) is 0 Å². The van der Waals surface area contributed by atoms with E-state index in [1.807, 2.05) is 49.4 Å². The molecule has 0 amide bonds. The van der Waals surface area contributed by atoms with Crippen molar-refractivity contribution in [2.24, 2.45) is 0 Å². The van der Waals surface area contributed by atoms with E-state index in [9.17, 15) is 17.2 Å². The predicted octanol–water partition coefficient (Wildman–Crippen LogP) is 5.91. The van der Waals surface area contributed by atoms with Crippen LogP contribution < -0.4 is 0 Å². The minimum absolute atomic E-state index is 0.163. The number of hydrogen-bond acceptors (Lipinski definition) is 3. The molecule has 3 aromatic carbocycles. The average Bonchev–Trinajstić information content (AvgIpc) is 3.14. The average molecular weight is 453 g/mol. The Balaban J connectivity index is 1.93. The van der Waals surface area contributed by atoms with E-state index in [-0.39, 0.29) is 17.1 Å². The zero-order chi connectivity index (χ0) is 22.9. The monoisotopic (exact) mass is 452 g/mol. The van der Waals surface area contributed by atoms with Gasteiger partial charge >= 0.3 is 0 Å². The van der Waals surface area contributed by atoms with Crippen LogP contribution in [0.1, 0.15) is 23.2 Å². The maximum Gasteiger partial charge on any atom is 0.280 e. The first kappa shape index (κ1) is 21.9. The molecule has 0 atom stereocenters. The van der Waals surface area contributed by atoms with Crippen LogP contribution in [-0.2, 0) is 16.4 Å². The molecule has 0 unspecified atom stereocenters. The summed E-state index contributed by atoms with van der Waals surface area (Å²) in [5, 5.41) is 4.57. The van der Waals surface area contributed by atoms with Gasteiger partial charge in [0.15, 0.2) is 9.84 Å². The van der Waals surface area contributed by atoms with Gasteiger partial charge in [0.1, 0.15) is 11.4 Å². The molecule has 4 aromatic rings. The van der Waals surface area contributed by atoms with E-state index >= 15 is 0 Å². The van der Waals surface area contributed by atoms with Crippen molar-refractivity contribution < 1.29 is 17.2 Å². The van der Waals surface area contributed by atoms with Gasteiger partial charge in [-0.2, -0.15) is 5.10 Å². The van der Waals surface area contributed by atoms with Crippen molar-refractivity contribution in [1.29, 1.82) is 0 Å². The lowest BCUT2D eigenvalue weighted by molar-refractivity contribution is 0.140. The van der Waals surface area contributed by atoms with Gasteiger partial charge in [-0.1, -0.05) is 72.3 Å². The predicted molar refractivity (Wildman–Crippen MR) is 121 cm³/mol. The molecular weight excluding hydrogens is 430 g/mol. The number of nitrogens with zero attached hydrogens (tertiary/aromatic N) is 2. The van der Waals surface area contributed by atoms with Gasteiger partial charge in [-0.25, -0.2) is 17.2 Å². The molecule has 164 valence electrons. The zero-order valence-corrected chi connectivity index (χ0v) is 18.5. The maximum absolute atomic E-state index is 14.4. The van der Waals surface area contributed by atoms with Crippen molar-refractivity contribution in [3.8, 4) is 22.4 Å². The molecule has 0 aliphatic heterocycles. The van der Waals surface area contributed by atoms with Crippen LogP contribution in [0.5, 0.6) is 0 Å². The molecule has 4 rings (SSSR count). The van der Waals surface area contributed by atoms with Crippen molar-refractivity contribution >= 4 is 9.84 Å². The molecule has 1 heterocycles. The fourth-order valence-electron chi connectivity index (χ4n) is 3.64. The van der Waals surface area contributed by atoms with Gasteiger partial charge in [0.05, 0.1) is 11.4 Å². The Labute approximate surface area is 186 Å². The first-order valence-electron chi connectivity index (χ1n) is 10.0. The normalized spacial score (nSPS) is 11.8. The van der Waals surface area contributed by atoms with Crippen molar-refractivity contribution in [1.82, 2.24) is 9.78 Å². The van der Waals surface area contributed by atoms with Crippen LogP contribution in [-0.4, -0.2) is 24.5 Å². The number of halogens is 2. The van der Waals surface area contributed by atoms with Gasteiger partial charge in [-0.3, -0.25) is 4.68 Å². The van der Waals surface area contributed by atoms with Crippen LogP contribution in [0.25, 0.3) is 22.4 Å². The number of aromatic nitrogens is 2. The van der Waals surface area contributed by atoms with Crippen molar-refractivity contribution in [3.05, 3.63) is 95.7 Å². The summed E-state index contributed by atoms with van der Waals surface area (Å²) in [7, 11) is -3.37. The Morgan fingerprint density at radius 2 is 1.47 bits per heavy atom. The summed E-state index contributed by atoms with van der Waals surface area (Å²) in [5.41, 5.74) is 3.64. The summed E-state index contributed by atoms with van der Waals surface area (Å²) in [6.45, 7) is 2.13. The molecule has 32 heavy (non-hydrogen) atoms. The molecule has 1 aromatic heterocycles. The van der Waals surface area contributed by atoms with E-state index in [1.165, 1.54) is 16.8 Å². The Morgan fingerprint density at radius 3 is 2.03 bits per heavy atom. The van der Waals surface area contributed by atoms with E-state index in [1.54, 1.807) is 24.3 Å². The molecule has 0 N–H and O–H groups in total. The lowest BCUT2D eigenvalue weighted by Gasteiger charge is -2.10. The molecule has 0 saturated heterocycles. The minimum atomic E-state index is -3.37. The molecule has 7 heteroatoms. The van der Waals surface area contributed by atoms with Gasteiger partial charge in [-0.05, 0) is 30.2 Å². The van der Waals surface area contributed by atoms with Crippen LogP contribution in [0, 0.1) is 6.92 Å². The Morgan fingerprint density at radius 1 is 0.875 bits per heavy atom. The van der Waals surface area contributed by atoms with E-state index in [2.05, 4.69) is 5.10 Å². The smallest absolute Gasteiger partial charge is 0.258 e. The zero-order valence-electron chi connectivity index (χ0n) is 17.7. The number of hydrogen-bond donors (Lipinski definition) is 0. The molecule has 0 aliphatic rings. The highest BCUT2D eigenvalue weighted by Gasteiger charge is 2.27. The molecule has 0 aliphatic carbocycles. The molecule has 4 nitrogen and oxygen atoms in total. The van der Waals surface area contributed by atoms with E-state index in [0.717, 1.165) is 17.4 Å². The standard InChI is InChI=1S/C25H22F2N2O2S/c1-17-8-10-19(11-9-17)22-23(20-12-14-21(15-13-20)32(2,30)31)28-29(24(22)25(26)27)16-18-6-4-3-5-7-18/h3-15,25H,16H2,1-2H3. The summed E-state index contributed by atoms with van der Waals surface area (Å²) >= 11 is 0. The fourth-order valence-corrected chi connectivity index (χ4v) is 4.27. The lowest BCUT2D eigenvalue weighted by Crippen LogP contribution is -2.07. The molecule has 0 bridgehead atoms. The molecule has 0 spiro atoms. The quantitative estimate of drug-likeness (QED) is 0.365. The third-order valence-corrected chi connectivity index (χ3v) is 6.40. The highest BCUT2D eigenvalue weighted by molar-refractivity contribution is 7.90. The lowest BCUT2D eigenvalue weighted by atomic mass is 9.98. The van der Waals surface area contributed by atoms with Gasteiger partial charge in [0, 0.05) is 17.4 Å². The highest BCUT2D eigenvalue weighted by atomic mass is 32.2. The van der Waals surface area contributed by atoms with Crippen LogP contribution >= 0.6 is 0 Å². The second-order valence-electron chi connectivity index (χ2n) is 7.72. The summed E-state index contributed by atoms with van der Waals surface area (Å²) in [6.07, 6.45) is -1.62. The second-order valence-corrected chi connectivity index (χ2v) is 9.73. The molecule has 0 radical (unpaired) electrons. The Bertz CT molecular complexity index is 1330. The van der Waals surface area contributed by atoms with E-state index in [4.69, 9.17) is 0 Å². The minimum Gasteiger partial charge on any atom is -0.258 e. The number of benzene rings is 3. The fraction of sp³-hybridized carbons (Fsp3) is 0.160. The van der Waals surface area contributed by atoms with Crippen molar-refractivity contribution in [2.75, 3.05) is 6.26 Å². The first-order chi connectivity index (χ1) is 15.2.